The number of para-hydroxylation sites is 1. The Labute approximate surface area is 305 Å². The largest absolute Gasteiger partial charge is 0.496 e. The second-order valence-corrected chi connectivity index (χ2v) is 14.8. The molecule has 53 heavy (non-hydrogen) atoms. The summed E-state index contributed by atoms with van der Waals surface area (Å²) < 4.78 is 48.4. The number of likely N-dealkylation sites (tertiary alicyclic amines) is 1. The molecule has 1 spiro atoms. The number of imidazole rings is 1. The van der Waals surface area contributed by atoms with Gasteiger partial charge in [0.25, 0.3) is 11.5 Å². The van der Waals surface area contributed by atoms with Gasteiger partial charge in [0.1, 0.15) is 17.5 Å². The molecule has 3 aliphatic rings. The van der Waals surface area contributed by atoms with E-state index in [0.717, 1.165) is 27.9 Å². The minimum atomic E-state index is -2.87. The topological polar surface area (TPSA) is 120 Å². The molecule has 2 aromatic heterocycles. The summed E-state index contributed by atoms with van der Waals surface area (Å²) in [6, 6.07) is 8.50. The predicted molar refractivity (Wildman–Crippen MR) is 197 cm³/mol. The number of benzene rings is 2. The molecule has 4 aromatic rings. The maximum Gasteiger partial charge on any atom is 0.329 e. The number of piperidine rings is 3. The SMILES string of the molecule is COc1cc(-c2cn(C)c(=O)c(C)c2C)cc(OC)c1CN1CCC(F)(F)C2(CCN(c3cccc4c3n(C)c(=O)n4C3CCC(=O)NC3=O)CC2)C1. The highest BCUT2D eigenvalue weighted by atomic mass is 19.3. The van der Waals surface area contributed by atoms with Gasteiger partial charge >= 0.3 is 5.69 Å². The van der Waals surface area contributed by atoms with Crippen molar-refractivity contribution in [2.24, 2.45) is 19.5 Å². The molecule has 1 unspecified atom stereocenters. The summed E-state index contributed by atoms with van der Waals surface area (Å²) in [6.45, 7) is 5.20. The van der Waals surface area contributed by atoms with E-state index in [1.165, 1.54) is 9.13 Å². The molecule has 0 aliphatic carbocycles. The number of rotatable bonds is 7. The van der Waals surface area contributed by atoms with Crippen LogP contribution in [0.1, 0.15) is 54.8 Å². The fraction of sp³-hybridized carbons (Fsp3) is 0.487. The molecular weight excluding hydrogens is 686 g/mol. The standard InChI is InChI=1S/C39H46F2N6O6/c1-23-24(2)36(50)43(3)20-26(23)25-18-31(52-5)27(32(19-25)53-6)21-45-15-14-39(40,41)38(22-45)12-16-46(17-13-38)28-8-7-9-29-34(28)44(4)37(51)47(29)30-10-11-33(48)42-35(30)49/h7-9,18-20,30H,10-17,21-22H2,1-6H3,(H,42,48,49). The molecule has 3 fully saturated rings. The Morgan fingerprint density at radius 3 is 2.25 bits per heavy atom. The summed E-state index contributed by atoms with van der Waals surface area (Å²) in [6.07, 6.45) is 2.38. The number of methoxy groups -OCH3 is 2. The summed E-state index contributed by atoms with van der Waals surface area (Å²) in [5, 5.41) is 2.34. The molecule has 1 atom stereocenters. The third-order valence-corrected chi connectivity index (χ3v) is 11.9. The van der Waals surface area contributed by atoms with Crippen LogP contribution in [0.2, 0.25) is 0 Å². The zero-order valence-corrected chi connectivity index (χ0v) is 31.1. The van der Waals surface area contributed by atoms with Gasteiger partial charge in [-0.15, -0.1) is 0 Å². The number of hydrogen-bond acceptors (Lipinski definition) is 8. The quantitative estimate of drug-likeness (QED) is 0.277. The number of hydrogen-bond donors (Lipinski definition) is 1. The molecule has 2 amide bonds. The van der Waals surface area contributed by atoms with Crippen molar-refractivity contribution in [1.82, 2.24) is 23.9 Å². The lowest BCUT2D eigenvalue weighted by molar-refractivity contribution is -0.177. The molecule has 2 aromatic carbocycles. The van der Waals surface area contributed by atoms with Crippen molar-refractivity contribution in [3.63, 3.8) is 0 Å². The zero-order valence-electron chi connectivity index (χ0n) is 31.1. The van der Waals surface area contributed by atoms with Crippen molar-refractivity contribution in [1.29, 1.82) is 0 Å². The van der Waals surface area contributed by atoms with Crippen molar-refractivity contribution in [3.8, 4) is 22.6 Å². The average Bonchev–Trinajstić information content (AvgIpc) is 3.39. The summed E-state index contributed by atoms with van der Waals surface area (Å²) in [7, 11) is 6.53. The van der Waals surface area contributed by atoms with Crippen LogP contribution in [0.3, 0.4) is 0 Å². The number of anilines is 1. The molecule has 0 saturated carbocycles. The van der Waals surface area contributed by atoms with Gasteiger partial charge in [-0.25, -0.2) is 13.6 Å². The Morgan fingerprint density at radius 1 is 0.925 bits per heavy atom. The second kappa shape index (κ2) is 13.5. The average molecular weight is 733 g/mol. The normalized spacial score (nSPS) is 20.2. The smallest absolute Gasteiger partial charge is 0.329 e. The lowest BCUT2D eigenvalue weighted by Gasteiger charge is -2.52. The first-order valence-electron chi connectivity index (χ1n) is 18.0. The predicted octanol–water partition coefficient (Wildman–Crippen LogP) is 4.45. The Hall–Kier alpha value is -4.98. The number of aromatic nitrogens is 3. The van der Waals surface area contributed by atoms with E-state index in [1.54, 1.807) is 52.1 Å². The maximum atomic E-state index is 16.1. The number of imide groups is 1. The molecule has 3 saturated heterocycles. The minimum absolute atomic E-state index is 0.0602. The molecule has 3 aliphatic heterocycles. The summed E-state index contributed by atoms with van der Waals surface area (Å²) in [4.78, 5) is 54.7. The number of nitrogens with zero attached hydrogens (tertiary/aromatic N) is 5. The van der Waals surface area contributed by atoms with Gasteiger partial charge in [0.15, 0.2) is 0 Å². The van der Waals surface area contributed by atoms with Crippen LogP contribution in [0.5, 0.6) is 11.5 Å². The van der Waals surface area contributed by atoms with Gasteiger partial charge in [-0.2, -0.15) is 0 Å². The van der Waals surface area contributed by atoms with Crippen LogP contribution in [0.15, 0.2) is 46.1 Å². The van der Waals surface area contributed by atoms with Crippen molar-refractivity contribution in [2.75, 3.05) is 45.3 Å². The van der Waals surface area contributed by atoms with Crippen LogP contribution >= 0.6 is 0 Å². The van der Waals surface area contributed by atoms with Crippen molar-refractivity contribution in [3.05, 3.63) is 74.1 Å². The third-order valence-electron chi connectivity index (χ3n) is 11.9. The third kappa shape index (κ3) is 6.00. The lowest BCUT2D eigenvalue weighted by Crippen LogP contribution is -2.59. The van der Waals surface area contributed by atoms with Crippen molar-refractivity contribution in [2.45, 2.75) is 64.5 Å². The first kappa shape index (κ1) is 36.4. The van der Waals surface area contributed by atoms with E-state index in [9.17, 15) is 19.2 Å². The van der Waals surface area contributed by atoms with Crippen LogP contribution in [0, 0.1) is 19.3 Å². The van der Waals surface area contributed by atoms with Gasteiger partial charge < -0.3 is 18.9 Å². The van der Waals surface area contributed by atoms with E-state index in [-0.39, 0.29) is 62.3 Å². The number of pyridine rings is 1. The number of alkyl halides is 2. The highest BCUT2D eigenvalue weighted by Crippen LogP contribution is 2.51. The zero-order chi connectivity index (χ0) is 38.0. The molecular formula is C39H46F2N6O6. The van der Waals surface area contributed by atoms with Crippen molar-refractivity contribution < 1.29 is 27.8 Å². The highest BCUT2D eigenvalue weighted by molar-refractivity contribution is 6.00. The Kier molecular flexibility index (Phi) is 9.24. The van der Waals surface area contributed by atoms with E-state index in [2.05, 4.69) is 15.1 Å². The second-order valence-electron chi connectivity index (χ2n) is 14.8. The molecule has 282 valence electrons. The maximum absolute atomic E-state index is 16.1. The van der Waals surface area contributed by atoms with Gasteiger partial charge in [0, 0.05) is 77.0 Å². The molecule has 1 N–H and O–H groups in total. The van der Waals surface area contributed by atoms with E-state index in [0.29, 0.717) is 47.7 Å². The van der Waals surface area contributed by atoms with E-state index >= 15 is 8.78 Å². The van der Waals surface area contributed by atoms with E-state index < -0.39 is 23.3 Å². The summed E-state index contributed by atoms with van der Waals surface area (Å²) in [5.41, 5.74) is 4.23. The summed E-state index contributed by atoms with van der Waals surface area (Å²) >= 11 is 0. The van der Waals surface area contributed by atoms with Crippen LogP contribution in [-0.2, 0) is 30.2 Å². The Bertz CT molecular complexity index is 2220. The number of aryl methyl sites for hydroxylation is 2. The first-order valence-corrected chi connectivity index (χ1v) is 18.0. The van der Waals surface area contributed by atoms with Crippen molar-refractivity contribution >= 4 is 28.5 Å². The van der Waals surface area contributed by atoms with E-state index in [4.69, 9.17) is 9.47 Å². The Morgan fingerprint density at radius 2 is 1.60 bits per heavy atom. The number of halogens is 2. The number of fused-ring (bicyclic) bond motifs is 1. The van der Waals surface area contributed by atoms with Gasteiger partial charge in [-0.3, -0.25) is 33.7 Å². The molecule has 14 heteroatoms. The minimum Gasteiger partial charge on any atom is -0.496 e. The summed E-state index contributed by atoms with van der Waals surface area (Å²) in [5.74, 6) is -2.59. The van der Waals surface area contributed by atoms with Gasteiger partial charge in [0.05, 0.1) is 41.9 Å². The monoisotopic (exact) mass is 732 g/mol. The van der Waals surface area contributed by atoms with Crippen LogP contribution in [-0.4, -0.2) is 76.7 Å². The molecule has 0 radical (unpaired) electrons. The fourth-order valence-electron chi connectivity index (χ4n) is 8.71. The number of carbonyl (C=O) groups excluding carboxylic acids is 2. The highest BCUT2D eigenvalue weighted by Gasteiger charge is 2.57. The molecule has 0 bridgehead atoms. The van der Waals surface area contributed by atoms with Gasteiger partial charge in [0.2, 0.25) is 11.8 Å². The fourth-order valence-corrected chi connectivity index (χ4v) is 8.71. The number of carbonyl (C=O) groups is 2. The molecule has 5 heterocycles. The molecule has 7 rings (SSSR count). The van der Waals surface area contributed by atoms with Crippen LogP contribution < -0.4 is 30.9 Å². The lowest BCUT2D eigenvalue weighted by atomic mass is 9.69. The van der Waals surface area contributed by atoms with Gasteiger partial charge in [-0.1, -0.05) is 6.07 Å². The Balaban J connectivity index is 1.14. The molecule has 12 nitrogen and oxygen atoms in total. The van der Waals surface area contributed by atoms with Crippen LogP contribution in [0.25, 0.3) is 22.2 Å². The number of amides is 2. The van der Waals surface area contributed by atoms with Gasteiger partial charge in [-0.05, 0) is 68.5 Å². The first-order chi connectivity index (χ1) is 25.2. The number of nitrogens with one attached hydrogen (secondary N) is 1. The van der Waals surface area contributed by atoms with Crippen LogP contribution in [0.4, 0.5) is 14.5 Å². The number of ether oxygens (including phenoxy) is 2. The van der Waals surface area contributed by atoms with E-state index in [1.807, 2.05) is 31.2 Å².